The highest BCUT2D eigenvalue weighted by molar-refractivity contribution is 5.00. The molecule has 5 nitrogen and oxygen atoms in total. The molecule has 0 spiro atoms. The molecule has 2 aliphatic heterocycles. The second kappa shape index (κ2) is 5.82. The lowest BCUT2D eigenvalue weighted by atomic mass is 9.81. The van der Waals surface area contributed by atoms with Crippen LogP contribution in [0.4, 0.5) is 0 Å². The highest BCUT2D eigenvalue weighted by Gasteiger charge is 2.32. The van der Waals surface area contributed by atoms with E-state index in [-0.39, 0.29) is 0 Å². The van der Waals surface area contributed by atoms with E-state index in [4.69, 9.17) is 4.74 Å². The second-order valence-corrected chi connectivity index (χ2v) is 6.78. The molecule has 0 radical (unpaired) electrons. The summed E-state index contributed by atoms with van der Waals surface area (Å²) >= 11 is 0. The van der Waals surface area contributed by atoms with Crippen LogP contribution in [0.1, 0.15) is 50.2 Å². The van der Waals surface area contributed by atoms with Gasteiger partial charge in [-0.3, -0.25) is 5.10 Å². The maximum atomic E-state index is 5.50. The molecule has 2 fully saturated rings. The number of likely N-dealkylation sites (tertiary alicyclic amines) is 1. The average molecular weight is 278 g/mol. The Balaban J connectivity index is 1.60. The van der Waals surface area contributed by atoms with Crippen molar-refractivity contribution in [2.24, 2.45) is 5.41 Å². The Morgan fingerprint density at radius 3 is 2.90 bits per heavy atom. The van der Waals surface area contributed by atoms with Crippen molar-refractivity contribution in [3.63, 3.8) is 0 Å². The summed E-state index contributed by atoms with van der Waals surface area (Å²) in [5.41, 5.74) is 0.426. The van der Waals surface area contributed by atoms with Gasteiger partial charge >= 0.3 is 0 Å². The minimum Gasteiger partial charge on any atom is -0.381 e. The van der Waals surface area contributed by atoms with Crippen LogP contribution in [-0.2, 0) is 4.74 Å². The van der Waals surface area contributed by atoms with Gasteiger partial charge in [-0.15, -0.1) is 0 Å². The molecular weight excluding hydrogens is 252 g/mol. The molecule has 0 bridgehead atoms. The zero-order valence-electron chi connectivity index (χ0n) is 12.7. The molecule has 5 heteroatoms. The van der Waals surface area contributed by atoms with Gasteiger partial charge in [0.1, 0.15) is 5.82 Å². The van der Waals surface area contributed by atoms with Gasteiger partial charge in [0.25, 0.3) is 0 Å². The topological polar surface area (TPSA) is 54.0 Å². The van der Waals surface area contributed by atoms with Gasteiger partial charge in [0, 0.05) is 32.2 Å². The van der Waals surface area contributed by atoms with E-state index in [1.807, 2.05) is 6.92 Å². The lowest BCUT2D eigenvalue weighted by Crippen LogP contribution is -2.43. The van der Waals surface area contributed by atoms with Crippen molar-refractivity contribution in [1.29, 1.82) is 0 Å². The largest absolute Gasteiger partial charge is 0.381 e. The molecule has 1 aromatic rings. The fraction of sp³-hybridized carbons (Fsp3) is 0.867. The molecule has 0 amide bonds. The van der Waals surface area contributed by atoms with Crippen LogP contribution in [0.15, 0.2) is 0 Å². The standard InChI is InChI=1S/C15H26N4O/c1-12-16-14(18-17-12)13-4-3-7-19(10-13)11-15(2)5-8-20-9-6-15/h13H,3-11H2,1-2H3,(H,16,17,18)/t13-/m0/s1. The van der Waals surface area contributed by atoms with Crippen LogP contribution >= 0.6 is 0 Å². The molecule has 3 heterocycles. The number of nitrogens with one attached hydrogen (secondary N) is 1. The maximum absolute atomic E-state index is 5.50. The summed E-state index contributed by atoms with van der Waals surface area (Å²) in [7, 11) is 0. The number of rotatable bonds is 3. The van der Waals surface area contributed by atoms with Crippen LogP contribution < -0.4 is 0 Å². The SMILES string of the molecule is Cc1nc([C@H]2CCCN(CC3(C)CCOCC3)C2)n[nH]1. The van der Waals surface area contributed by atoms with Gasteiger partial charge in [-0.2, -0.15) is 5.10 Å². The van der Waals surface area contributed by atoms with Crippen LogP contribution in [0.3, 0.4) is 0 Å². The molecule has 2 aliphatic rings. The number of piperidine rings is 1. The van der Waals surface area contributed by atoms with Crippen LogP contribution in [0.25, 0.3) is 0 Å². The summed E-state index contributed by atoms with van der Waals surface area (Å²) in [5, 5.41) is 7.33. The van der Waals surface area contributed by atoms with Crippen molar-refractivity contribution in [2.75, 3.05) is 32.8 Å². The summed E-state index contributed by atoms with van der Waals surface area (Å²) in [5.74, 6) is 2.43. The number of ether oxygens (including phenoxy) is 1. The highest BCUT2D eigenvalue weighted by Crippen LogP contribution is 2.33. The molecule has 0 aliphatic carbocycles. The zero-order valence-corrected chi connectivity index (χ0v) is 12.7. The number of aromatic amines is 1. The van der Waals surface area contributed by atoms with Crippen molar-refractivity contribution in [3.05, 3.63) is 11.6 Å². The summed E-state index contributed by atoms with van der Waals surface area (Å²) in [6.45, 7) is 9.75. The molecular formula is C15H26N4O. The first-order chi connectivity index (χ1) is 9.65. The first-order valence-electron chi connectivity index (χ1n) is 7.84. The fourth-order valence-electron chi connectivity index (χ4n) is 3.51. The smallest absolute Gasteiger partial charge is 0.155 e. The molecule has 1 N–H and O–H groups in total. The van der Waals surface area contributed by atoms with E-state index < -0.39 is 0 Å². The quantitative estimate of drug-likeness (QED) is 0.920. The molecule has 1 atom stereocenters. The van der Waals surface area contributed by atoms with Crippen LogP contribution in [0.2, 0.25) is 0 Å². The lowest BCUT2D eigenvalue weighted by molar-refractivity contribution is 0.000605. The first kappa shape index (κ1) is 14.0. The second-order valence-electron chi connectivity index (χ2n) is 6.78. The predicted octanol–water partition coefficient (Wildman–Crippen LogP) is 2.11. The number of nitrogens with zero attached hydrogens (tertiary/aromatic N) is 3. The lowest BCUT2D eigenvalue weighted by Gasteiger charge is -2.41. The van der Waals surface area contributed by atoms with Gasteiger partial charge in [-0.25, -0.2) is 4.98 Å². The molecule has 0 aromatic carbocycles. The Labute approximate surface area is 121 Å². The normalized spacial score (nSPS) is 27.6. The Hall–Kier alpha value is -0.940. The molecule has 2 saturated heterocycles. The van der Waals surface area contributed by atoms with Crippen molar-refractivity contribution in [2.45, 2.75) is 45.4 Å². The minimum absolute atomic E-state index is 0.426. The van der Waals surface area contributed by atoms with E-state index in [0.717, 1.165) is 31.4 Å². The number of hydrogen-bond donors (Lipinski definition) is 1. The molecule has 3 rings (SSSR count). The summed E-state index contributed by atoms with van der Waals surface area (Å²) in [6.07, 6.45) is 4.85. The number of hydrogen-bond acceptors (Lipinski definition) is 4. The van der Waals surface area contributed by atoms with E-state index in [9.17, 15) is 0 Å². The Morgan fingerprint density at radius 1 is 1.40 bits per heavy atom. The van der Waals surface area contributed by atoms with E-state index >= 15 is 0 Å². The van der Waals surface area contributed by atoms with Gasteiger partial charge in [-0.1, -0.05) is 6.92 Å². The van der Waals surface area contributed by atoms with Gasteiger partial charge in [0.05, 0.1) is 0 Å². The number of aryl methyl sites for hydroxylation is 1. The fourth-order valence-corrected chi connectivity index (χ4v) is 3.51. The number of H-pyrrole nitrogens is 1. The predicted molar refractivity (Wildman–Crippen MR) is 77.7 cm³/mol. The zero-order chi connectivity index (χ0) is 14.0. The van der Waals surface area contributed by atoms with Gasteiger partial charge < -0.3 is 9.64 Å². The van der Waals surface area contributed by atoms with Crippen LogP contribution in [-0.4, -0.2) is 52.9 Å². The van der Waals surface area contributed by atoms with Gasteiger partial charge in [0.2, 0.25) is 0 Å². The van der Waals surface area contributed by atoms with Gasteiger partial charge in [0.15, 0.2) is 5.82 Å². The van der Waals surface area contributed by atoms with Crippen molar-refractivity contribution in [1.82, 2.24) is 20.1 Å². The number of aromatic nitrogens is 3. The molecule has 0 saturated carbocycles. The Kier molecular flexibility index (Phi) is 4.08. The van der Waals surface area contributed by atoms with E-state index in [2.05, 4.69) is 27.0 Å². The minimum atomic E-state index is 0.426. The summed E-state index contributed by atoms with van der Waals surface area (Å²) in [4.78, 5) is 7.14. The average Bonchev–Trinajstić information content (AvgIpc) is 2.86. The van der Waals surface area contributed by atoms with Gasteiger partial charge in [-0.05, 0) is 44.6 Å². The summed E-state index contributed by atoms with van der Waals surface area (Å²) in [6, 6.07) is 0. The van der Waals surface area contributed by atoms with E-state index in [1.165, 1.54) is 38.8 Å². The molecule has 20 heavy (non-hydrogen) atoms. The third-order valence-electron chi connectivity index (χ3n) is 4.79. The maximum Gasteiger partial charge on any atom is 0.155 e. The third-order valence-corrected chi connectivity index (χ3v) is 4.79. The molecule has 112 valence electrons. The van der Waals surface area contributed by atoms with Crippen LogP contribution in [0.5, 0.6) is 0 Å². The van der Waals surface area contributed by atoms with E-state index in [1.54, 1.807) is 0 Å². The van der Waals surface area contributed by atoms with Crippen molar-refractivity contribution >= 4 is 0 Å². The van der Waals surface area contributed by atoms with E-state index in [0.29, 0.717) is 11.3 Å². The Morgan fingerprint density at radius 2 is 2.20 bits per heavy atom. The summed E-state index contributed by atoms with van der Waals surface area (Å²) < 4.78 is 5.50. The first-order valence-corrected chi connectivity index (χ1v) is 7.84. The van der Waals surface area contributed by atoms with Crippen LogP contribution in [0, 0.1) is 12.3 Å². The highest BCUT2D eigenvalue weighted by atomic mass is 16.5. The van der Waals surface area contributed by atoms with Crippen molar-refractivity contribution in [3.8, 4) is 0 Å². The molecule has 0 unspecified atom stereocenters. The third kappa shape index (κ3) is 3.20. The van der Waals surface area contributed by atoms with Crippen molar-refractivity contribution < 1.29 is 4.74 Å². The monoisotopic (exact) mass is 278 g/mol. The Bertz CT molecular complexity index is 439. The molecule has 1 aromatic heterocycles.